The highest BCUT2D eigenvalue weighted by Crippen LogP contribution is 2.47. The number of nitrogens with zero attached hydrogens (tertiary/aromatic N) is 1. The second kappa shape index (κ2) is 5.86. The number of likely N-dealkylation sites (N-methyl/N-ethyl adjacent to an activating group) is 1. The molecule has 1 heterocycles. The summed E-state index contributed by atoms with van der Waals surface area (Å²) in [6, 6.07) is 6.54. The molecule has 1 N–H and O–H groups in total. The van der Waals surface area contributed by atoms with Crippen molar-refractivity contribution in [3.05, 3.63) is 23.8 Å². The Hall–Kier alpha value is -1.49. The smallest absolute Gasteiger partial charge is 0.169 e. The highest BCUT2D eigenvalue weighted by atomic mass is 32.1. The summed E-state index contributed by atoms with van der Waals surface area (Å²) < 4.78 is 11.9. The number of hydrogen-bond donors (Lipinski definition) is 1. The van der Waals surface area contributed by atoms with Gasteiger partial charge in [-0.2, -0.15) is 0 Å². The molecule has 2 saturated carbocycles. The number of rotatable bonds is 4. The second-order valence-electron chi connectivity index (χ2n) is 7.05. The summed E-state index contributed by atoms with van der Waals surface area (Å²) in [4.78, 5) is 2.11. The van der Waals surface area contributed by atoms with Crippen molar-refractivity contribution in [2.75, 3.05) is 20.7 Å². The van der Waals surface area contributed by atoms with Crippen LogP contribution in [-0.4, -0.2) is 36.8 Å². The minimum Gasteiger partial charge on any atom is -0.493 e. The van der Waals surface area contributed by atoms with Crippen LogP contribution >= 0.6 is 12.2 Å². The van der Waals surface area contributed by atoms with Crippen molar-refractivity contribution in [3.8, 4) is 11.5 Å². The van der Waals surface area contributed by atoms with E-state index in [-0.39, 0.29) is 6.04 Å². The minimum absolute atomic E-state index is 0.260. The zero-order valence-corrected chi connectivity index (χ0v) is 14.6. The second-order valence-corrected chi connectivity index (χ2v) is 7.44. The largest absolute Gasteiger partial charge is 0.493 e. The molecule has 2 aliphatic carbocycles. The third kappa shape index (κ3) is 2.65. The molecule has 4 rings (SSSR count). The molecule has 4 atom stereocenters. The lowest BCUT2D eigenvalue weighted by atomic mass is 9.97. The molecule has 124 valence electrons. The first-order chi connectivity index (χ1) is 11.2. The van der Waals surface area contributed by atoms with Gasteiger partial charge in [-0.25, -0.2) is 0 Å². The first-order valence-corrected chi connectivity index (χ1v) is 8.91. The average molecular weight is 332 g/mol. The van der Waals surface area contributed by atoms with Gasteiger partial charge in [0.25, 0.3) is 0 Å². The molecule has 1 aliphatic heterocycles. The molecule has 23 heavy (non-hydrogen) atoms. The molecule has 4 unspecified atom stereocenters. The summed E-state index contributed by atoms with van der Waals surface area (Å²) in [7, 11) is 3.74. The fourth-order valence-electron chi connectivity index (χ4n) is 4.42. The maximum Gasteiger partial charge on any atom is 0.169 e. The van der Waals surface area contributed by atoms with E-state index < -0.39 is 0 Å². The fourth-order valence-corrected chi connectivity index (χ4v) is 4.63. The summed E-state index contributed by atoms with van der Waals surface area (Å²) in [5.41, 5.74) is 1.22. The quantitative estimate of drug-likeness (QED) is 0.857. The van der Waals surface area contributed by atoms with Gasteiger partial charge in [0.15, 0.2) is 16.6 Å². The number of thiocarbonyl (C=S) groups is 1. The number of methoxy groups -OCH3 is 1. The van der Waals surface area contributed by atoms with Gasteiger partial charge in [-0.1, -0.05) is 6.07 Å². The van der Waals surface area contributed by atoms with Gasteiger partial charge in [-0.05, 0) is 67.4 Å². The molecule has 1 aromatic carbocycles. The van der Waals surface area contributed by atoms with Gasteiger partial charge in [0.05, 0.1) is 13.2 Å². The van der Waals surface area contributed by atoms with Crippen molar-refractivity contribution < 1.29 is 9.47 Å². The maximum absolute atomic E-state index is 6.40. The van der Waals surface area contributed by atoms with E-state index in [1.165, 1.54) is 31.2 Å². The fraction of sp³-hybridized carbons (Fsp3) is 0.611. The molecule has 1 aromatic rings. The highest BCUT2D eigenvalue weighted by molar-refractivity contribution is 7.80. The summed E-state index contributed by atoms with van der Waals surface area (Å²) in [6.07, 6.45) is 5.61. The summed E-state index contributed by atoms with van der Waals surface area (Å²) >= 11 is 5.31. The molecule has 5 heteroatoms. The Bertz CT molecular complexity index is 621. The first-order valence-electron chi connectivity index (χ1n) is 8.51. The van der Waals surface area contributed by atoms with Crippen molar-refractivity contribution in [1.82, 2.24) is 10.2 Å². The van der Waals surface area contributed by atoms with E-state index >= 15 is 0 Å². The van der Waals surface area contributed by atoms with Crippen LogP contribution in [0.5, 0.6) is 11.5 Å². The zero-order chi connectivity index (χ0) is 16.0. The van der Waals surface area contributed by atoms with Crippen LogP contribution in [0.1, 0.15) is 37.3 Å². The Kier molecular flexibility index (Phi) is 3.84. The van der Waals surface area contributed by atoms with Gasteiger partial charge >= 0.3 is 0 Å². The zero-order valence-electron chi connectivity index (χ0n) is 13.7. The Morgan fingerprint density at radius 1 is 1.22 bits per heavy atom. The Morgan fingerprint density at radius 2 is 2.09 bits per heavy atom. The summed E-state index contributed by atoms with van der Waals surface area (Å²) in [5.74, 6) is 3.32. The van der Waals surface area contributed by atoms with Crippen LogP contribution < -0.4 is 14.8 Å². The van der Waals surface area contributed by atoms with Crippen molar-refractivity contribution >= 4 is 17.3 Å². The average Bonchev–Trinajstić information content (AvgIpc) is 3.25. The number of fused-ring (bicyclic) bond motifs is 2. The van der Waals surface area contributed by atoms with Crippen molar-refractivity contribution in [2.45, 2.75) is 37.8 Å². The topological polar surface area (TPSA) is 33.7 Å². The van der Waals surface area contributed by atoms with Crippen LogP contribution in [0.2, 0.25) is 0 Å². The molecule has 0 radical (unpaired) electrons. The minimum atomic E-state index is 0.260. The lowest BCUT2D eigenvalue weighted by molar-refractivity contribution is 0.133. The van der Waals surface area contributed by atoms with E-state index in [4.69, 9.17) is 21.7 Å². The summed E-state index contributed by atoms with van der Waals surface area (Å²) in [5, 5.41) is 4.05. The van der Waals surface area contributed by atoms with Crippen molar-refractivity contribution in [3.63, 3.8) is 0 Å². The van der Waals surface area contributed by atoms with Gasteiger partial charge in [0, 0.05) is 13.6 Å². The predicted molar refractivity (Wildman–Crippen MR) is 94.0 cm³/mol. The number of ether oxygens (including phenoxy) is 2. The van der Waals surface area contributed by atoms with E-state index in [0.717, 1.165) is 35.0 Å². The molecule has 0 spiro atoms. The molecular formula is C18H24N2O2S. The predicted octanol–water partition coefficient (Wildman–Crippen LogP) is 3.12. The normalized spacial score (nSPS) is 32.3. The third-order valence-electron chi connectivity index (χ3n) is 5.76. The highest BCUT2D eigenvalue weighted by Gasteiger charge is 2.41. The monoisotopic (exact) mass is 332 g/mol. The van der Waals surface area contributed by atoms with E-state index in [1.807, 2.05) is 13.1 Å². The Balaban J connectivity index is 1.57. The first kappa shape index (κ1) is 15.1. The lowest BCUT2D eigenvalue weighted by Gasteiger charge is -2.26. The molecule has 0 aromatic heterocycles. The van der Waals surface area contributed by atoms with E-state index in [9.17, 15) is 0 Å². The Morgan fingerprint density at radius 3 is 2.70 bits per heavy atom. The third-order valence-corrected chi connectivity index (χ3v) is 6.19. The molecule has 1 saturated heterocycles. The lowest BCUT2D eigenvalue weighted by Crippen LogP contribution is -2.25. The van der Waals surface area contributed by atoms with Gasteiger partial charge in [-0.15, -0.1) is 0 Å². The van der Waals surface area contributed by atoms with Gasteiger partial charge in [0.1, 0.15) is 6.10 Å². The van der Waals surface area contributed by atoms with Crippen molar-refractivity contribution in [1.29, 1.82) is 0 Å². The number of nitrogens with one attached hydrogen (secondary N) is 1. The van der Waals surface area contributed by atoms with Crippen LogP contribution in [0.25, 0.3) is 0 Å². The van der Waals surface area contributed by atoms with Crippen LogP contribution in [0.4, 0.5) is 0 Å². The molecule has 0 amide bonds. The molecule has 3 fully saturated rings. The maximum atomic E-state index is 6.40. The molecule has 2 bridgehead atoms. The van der Waals surface area contributed by atoms with Crippen LogP contribution in [0.3, 0.4) is 0 Å². The SMILES string of the molecule is COc1ccc(C2CNC(=S)N2C)cc1OC1CC2CCC1C2. The molecular weight excluding hydrogens is 308 g/mol. The van der Waals surface area contributed by atoms with Gasteiger partial charge in [0.2, 0.25) is 0 Å². The van der Waals surface area contributed by atoms with E-state index in [0.29, 0.717) is 6.10 Å². The molecule has 3 aliphatic rings. The van der Waals surface area contributed by atoms with Gasteiger partial charge < -0.3 is 19.7 Å². The van der Waals surface area contributed by atoms with Gasteiger partial charge in [-0.3, -0.25) is 0 Å². The Labute approximate surface area is 143 Å². The van der Waals surface area contributed by atoms with Crippen LogP contribution in [0, 0.1) is 11.8 Å². The number of benzene rings is 1. The molecule has 4 nitrogen and oxygen atoms in total. The van der Waals surface area contributed by atoms with E-state index in [1.54, 1.807) is 7.11 Å². The van der Waals surface area contributed by atoms with Crippen LogP contribution in [0.15, 0.2) is 18.2 Å². The number of hydrogen-bond acceptors (Lipinski definition) is 3. The standard InChI is InChI=1S/C18H24N2O2S/c1-20-14(10-19-18(20)23)12-5-6-15(21-2)17(9-12)22-16-8-11-3-4-13(16)7-11/h5-6,9,11,13-14,16H,3-4,7-8,10H2,1-2H3,(H,19,23). The summed E-state index contributed by atoms with van der Waals surface area (Å²) in [6.45, 7) is 0.842. The van der Waals surface area contributed by atoms with Crippen LogP contribution in [-0.2, 0) is 0 Å². The van der Waals surface area contributed by atoms with E-state index in [2.05, 4.69) is 22.3 Å². The van der Waals surface area contributed by atoms with Crippen molar-refractivity contribution in [2.24, 2.45) is 11.8 Å².